The Labute approximate surface area is 170 Å². The van der Waals surface area contributed by atoms with Crippen LogP contribution in [0.4, 0.5) is 0 Å². The molecule has 3 rings (SSSR count). The number of rotatable bonds is 5. The number of carbonyl (C=O) groups excluding carboxylic acids is 1. The standard InChI is InChI=1S/C22H26N2O5/c1-22(2,3)15-9-10-16-18(11-15)29-19(13-28-16)21(25)24-23-12-14-7-6-8-17(26-4)20(14)27-5/h6-12,19H,13H2,1-5H3,(H,24,25)/b23-12-. The fraction of sp³-hybridized carbons (Fsp3) is 0.364. The number of benzene rings is 2. The molecule has 0 spiro atoms. The topological polar surface area (TPSA) is 78.4 Å². The van der Waals surface area contributed by atoms with Gasteiger partial charge in [-0.05, 0) is 35.2 Å². The molecule has 1 unspecified atom stereocenters. The van der Waals surface area contributed by atoms with Crippen molar-refractivity contribution in [2.75, 3.05) is 20.8 Å². The Hall–Kier alpha value is -3.22. The number of nitrogens with one attached hydrogen (secondary N) is 1. The van der Waals surface area contributed by atoms with E-state index in [1.54, 1.807) is 20.3 Å². The number of para-hydroxylation sites is 1. The predicted molar refractivity (Wildman–Crippen MR) is 110 cm³/mol. The first-order chi connectivity index (χ1) is 13.8. The van der Waals surface area contributed by atoms with E-state index < -0.39 is 12.0 Å². The van der Waals surface area contributed by atoms with Gasteiger partial charge in [-0.25, -0.2) is 5.43 Å². The van der Waals surface area contributed by atoms with Gasteiger partial charge in [0.05, 0.1) is 20.4 Å². The molecule has 7 nitrogen and oxygen atoms in total. The lowest BCUT2D eigenvalue weighted by molar-refractivity contribution is -0.130. The second kappa shape index (κ2) is 8.43. The first-order valence-electron chi connectivity index (χ1n) is 9.31. The third-order valence-corrected chi connectivity index (χ3v) is 4.57. The molecule has 1 atom stereocenters. The number of amides is 1. The highest BCUT2D eigenvalue weighted by molar-refractivity contribution is 5.87. The quantitative estimate of drug-likeness (QED) is 0.618. The summed E-state index contributed by atoms with van der Waals surface area (Å²) < 4.78 is 22.1. The highest BCUT2D eigenvalue weighted by Gasteiger charge is 2.28. The van der Waals surface area contributed by atoms with E-state index in [0.717, 1.165) is 5.56 Å². The lowest BCUT2D eigenvalue weighted by Gasteiger charge is -2.27. The first-order valence-corrected chi connectivity index (χ1v) is 9.31. The van der Waals surface area contributed by atoms with Gasteiger partial charge in [0.25, 0.3) is 5.91 Å². The van der Waals surface area contributed by atoms with E-state index in [4.69, 9.17) is 18.9 Å². The molecule has 0 bridgehead atoms. The zero-order valence-electron chi connectivity index (χ0n) is 17.3. The van der Waals surface area contributed by atoms with Crippen molar-refractivity contribution in [3.8, 4) is 23.0 Å². The van der Waals surface area contributed by atoms with Gasteiger partial charge >= 0.3 is 0 Å². The molecule has 0 saturated heterocycles. The van der Waals surface area contributed by atoms with Crippen LogP contribution in [0, 0.1) is 0 Å². The van der Waals surface area contributed by atoms with Gasteiger partial charge in [-0.15, -0.1) is 0 Å². The third-order valence-electron chi connectivity index (χ3n) is 4.57. The van der Waals surface area contributed by atoms with E-state index in [0.29, 0.717) is 28.6 Å². The SMILES string of the molecule is COc1cccc(/C=N\NC(=O)C2COc3ccc(C(C)(C)C)cc3O2)c1OC. The molecule has 1 aliphatic rings. The smallest absolute Gasteiger partial charge is 0.284 e. The molecule has 1 N–H and O–H groups in total. The van der Waals surface area contributed by atoms with E-state index >= 15 is 0 Å². The molecular formula is C22H26N2O5. The molecular weight excluding hydrogens is 372 g/mol. The van der Waals surface area contributed by atoms with Gasteiger partial charge < -0.3 is 18.9 Å². The van der Waals surface area contributed by atoms with Crippen molar-refractivity contribution >= 4 is 12.1 Å². The molecule has 0 radical (unpaired) electrons. The van der Waals surface area contributed by atoms with Crippen LogP contribution in [0.3, 0.4) is 0 Å². The average molecular weight is 398 g/mol. The van der Waals surface area contributed by atoms with Crippen LogP contribution in [0.15, 0.2) is 41.5 Å². The van der Waals surface area contributed by atoms with E-state index in [1.807, 2.05) is 30.3 Å². The second-order valence-corrected chi connectivity index (χ2v) is 7.65. The van der Waals surface area contributed by atoms with Gasteiger partial charge in [0.2, 0.25) is 6.10 Å². The van der Waals surface area contributed by atoms with Crippen LogP contribution in [0.25, 0.3) is 0 Å². The summed E-state index contributed by atoms with van der Waals surface area (Å²) in [5.74, 6) is 1.91. The van der Waals surface area contributed by atoms with Gasteiger partial charge in [0, 0.05) is 5.56 Å². The molecule has 0 saturated carbocycles. The Bertz CT molecular complexity index is 918. The van der Waals surface area contributed by atoms with Crippen LogP contribution in [0.5, 0.6) is 23.0 Å². The van der Waals surface area contributed by atoms with E-state index in [1.165, 1.54) is 6.21 Å². The van der Waals surface area contributed by atoms with Crippen LogP contribution < -0.4 is 24.4 Å². The minimum Gasteiger partial charge on any atom is -0.493 e. The zero-order valence-corrected chi connectivity index (χ0v) is 17.3. The predicted octanol–water partition coefficient (Wildman–Crippen LogP) is 3.29. The molecule has 0 fully saturated rings. The largest absolute Gasteiger partial charge is 0.493 e. The minimum atomic E-state index is -0.790. The van der Waals surface area contributed by atoms with Crippen molar-refractivity contribution in [3.05, 3.63) is 47.5 Å². The number of hydrazone groups is 1. The van der Waals surface area contributed by atoms with Crippen LogP contribution in [-0.4, -0.2) is 39.1 Å². The van der Waals surface area contributed by atoms with Crippen molar-refractivity contribution in [2.45, 2.75) is 32.3 Å². The molecule has 2 aromatic rings. The molecule has 154 valence electrons. The van der Waals surface area contributed by atoms with Crippen molar-refractivity contribution < 1.29 is 23.7 Å². The molecule has 0 aliphatic carbocycles. The summed E-state index contributed by atoms with van der Waals surface area (Å²) in [6.45, 7) is 6.46. The Morgan fingerprint density at radius 3 is 2.66 bits per heavy atom. The van der Waals surface area contributed by atoms with Crippen molar-refractivity contribution in [3.63, 3.8) is 0 Å². The Morgan fingerprint density at radius 2 is 1.97 bits per heavy atom. The summed E-state index contributed by atoms with van der Waals surface area (Å²) in [6.07, 6.45) is 0.705. The lowest BCUT2D eigenvalue weighted by atomic mass is 9.87. The highest BCUT2D eigenvalue weighted by Crippen LogP contribution is 2.36. The third kappa shape index (κ3) is 4.62. The minimum absolute atomic E-state index is 0.0340. The van der Waals surface area contributed by atoms with E-state index in [-0.39, 0.29) is 12.0 Å². The maximum absolute atomic E-state index is 12.5. The highest BCUT2D eigenvalue weighted by atomic mass is 16.6. The zero-order chi connectivity index (χ0) is 21.0. The van der Waals surface area contributed by atoms with Gasteiger partial charge in [-0.3, -0.25) is 4.79 Å². The summed E-state index contributed by atoms with van der Waals surface area (Å²) >= 11 is 0. The van der Waals surface area contributed by atoms with E-state index in [9.17, 15) is 4.79 Å². The number of ether oxygens (including phenoxy) is 4. The van der Waals surface area contributed by atoms with Gasteiger partial charge in [0.1, 0.15) is 6.61 Å². The maximum Gasteiger partial charge on any atom is 0.284 e. The summed E-state index contributed by atoms with van der Waals surface area (Å²) in [4.78, 5) is 12.5. The van der Waals surface area contributed by atoms with Crippen molar-refractivity contribution in [2.24, 2.45) is 5.10 Å². The number of nitrogens with zero attached hydrogens (tertiary/aromatic N) is 1. The molecule has 0 aromatic heterocycles. The normalized spacial score (nSPS) is 15.8. The molecule has 1 aliphatic heterocycles. The number of fused-ring (bicyclic) bond motifs is 1. The summed E-state index contributed by atoms with van der Waals surface area (Å²) in [5, 5.41) is 4.02. The Kier molecular flexibility index (Phi) is 5.96. The van der Waals surface area contributed by atoms with Crippen molar-refractivity contribution in [1.82, 2.24) is 5.43 Å². The van der Waals surface area contributed by atoms with E-state index in [2.05, 4.69) is 31.3 Å². The number of methoxy groups -OCH3 is 2. The monoisotopic (exact) mass is 398 g/mol. The van der Waals surface area contributed by atoms with Gasteiger partial charge in [-0.2, -0.15) is 5.10 Å². The second-order valence-electron chi connectivity index (χ2n) is 7.65. The van der Waals surface area contributed by atoms with Crippen molar-refractivity contribution in [1.29, 1.82) is 0 Å². The molecule has 2 aromatic carbocycles. The molecule has 29 heavy (non-hydrogen) atoms. The lowest BCUT2D eigenvalue weighted by Crippen LogP contribution is -2.42. The fourth-order valence-corrected chi connectivity index (χ4v) is 2.92. The summed E-state index contributed by atoms with van der Waals surface area (Å²) in [6, 6.07) is 11.2. The van der Waals surface area contributed by atoms with Crippen LogP contribution in [0.2, 0.25) is 0 Å². The molecule has 7 heteroatoms. The number of hydrogen-bond acceptors (Lipinski definition) is 6. The summed E-state index contributed by atoms with van der Waals surface area (Å²) in [7, 11) is 3.11. The maximum atomic E-state index is 12.5. The Balaban J connectivity index is 1.68. The Morgan fingerprint density at radius 1 is 1.17 bits per heavy atom. The fourth-order valence-electron chi connectivity index (χ4n) is 2.92. The first kappa shape index (κ1) is 20.5. The summed E-state index contributed by atoms with van der Waals surface area (Å²) in [5.41, 5.74) is 4.24. The average Bonchev–Trinajstić information content (AvgIpc) is 2.71. The van der Waals surface area contributed by atoms with Crippen LogP contribution >= 0.6 is 0 Å². The number of hydrogen-bond donors (Lipinski definition) is 1. The van der Waals surface area contributed by atoms with Gasteiger partial charge in [0.15, 0.2) is 23.0 Å². The van der Waals surface area contributed by atoms with Gasteiger partial charge in [-0.1, -0.05) is 32.9 Å². The van der Waals surface area contributed by atoms with Crippen LogP contribution in [0.1, 0.15) is 31.9 Å². The molecule has 1 heterocycles. The number of carbonyl (C=O) groups is 1. The van der Waals surface area contributed by atoms with Crippen LogP contribution in [-0.2, 0) is 10.2 Å². The molecule has 1 amide bonds.